The molecule has 0 spiro atoms. The second-order valence-electron chi connectivity index (χ2n) is 4.73. The Morgan fingerprint density at radius 2 is 2.18 bits per heavy atom. The Hall–Kier alpha value is -2.74. The van der Waals surface area contributed by atoms with Crippen LogP contribution in [0.5, 0.6) is 0 Å². The molecule has 0 aliphatic heterocycles. The number of aromatic nitrogens is 3. The lowest BCUT2D eigenvalue weighted by atomic mass is 10.2. The maximum atomic E-state index is 12.0. The van der Waals surface area contributed by atoms with Gasteiger partial charge in [-0.1, -0.05) is 23.5 Å². The average molecular weight is 316 g/mol. The largest absolute Gasteiger partial charge is 0.328 e. The Balaban J connectivity index is 1.79. The molecule has 2 aromatic heterocycles. The number of nitrogens with one attached hydrogen (secondary N) is 2. The molecule has 1 amide bonds. The number of thiazole rings is 1. The molecule has 0 saturated heterocycles. The average Bonchev–Trinajstić information content (AvgIpc) is 2.86. The fourth-order valence-corrected chi connectivity index (χ4v) is 2.98. The zero-order valence-corrected chi connectivity index (χ0v) is 12.4. The smallest absolute Gasteiger partial charge is 0.300 e. The third-order valence-corrected chi connectivity index (χ3v) is 4.01. The van der Waals surface area contributed by atoms with Crippen LogP contribution in [0.4, 0.5) is 5.13 Å². The molecule has 3 aromatic rings. The number of amides is 1. The summed E-state index contributed by atoms with van der Waals surface area (Å²) >= 11 is 1.37. The Bertz CT molecular complexity index is 970. The van der Waals surface area contributed by atoms with Crippen molar-refractivity contribution in [1.29, 1.82) is 0 Å². The zero-order chi connectivity index (χ0) is 15.7. The molecule has 0 aliphatic carbocycles. The van der Waals surface area contributed by atoms with E-state index in [9.17, 15) is 14.4 Å². The summed E-state index contributed by atoms with van der Waals surface area (Å²) in [5, 5.41) is 3.14. The number of nitrogens with zero attached hydrogens (tertiary/aromatic N) is 2. The van der Waals surface area contributed by atoms with Gasteiger partial charge >= 0.3 is 5.69 Å². The van der Waals surface area contributed by atoms with Gasteiger partial charge in [0.05, 0.1) is 10.2 Å². The van der Waals surface area contributed by atoms with Gasteiger partial charge in [-0.3, -0.25) is 19.1 Å². The summed E-state index contributed by atoms with van der Waals surface area (Å²) in [6.45, 7) is 1.76. The summed E-state index contributed by atoms with van der Waals surface area (Å²) in [5.74, 6) is -0.383. The summed E-state index contributed by atoms with van der Waals surface area (Å²) in [7, 11) is 0. The first-order valence-corrected chi connectivity index (χ1v) is 7.30. The Morgan fingerprint density at radius 1 is 1.36 bits per heavy atom. The first kappa shape index (κ1) is 14.2. The monoisotopic (exact) mass is 316 g/mol. The Labute approximate surface area is 128 Å². The number of carbonyl (C=O) groups excluding carboxylic acids is 1. The molecular formula is C14H12N4O3S. The van der Waals surface area contributed by atoms with E-state index in [-0.39, 0.29) is 12.5 Å². The molecule has 2 N–H and O–H groups in total. The molecule has 7 nitrogen and oxygen atoms in total. The number of para-hydroxylation sites is 1. The van der Waals surface area contributed by atoms with E-state index in [1.807, 2.05) is 25.1 Å². The van der Waals surface area contributed by atoms with Crippen LogP contribution in [0.2, 0.25) is 0 Å². The van der Waals surface area contributed by atoms with Crippen molar-refractivity contribution in [1.82, 2.24) is 14.5 Å². The van der Waals surface area contributed by atoms with Crippen LogP contribution in [-0.2, 0) is 11.3 Å². The quantitative estimate of drug-likeness (QED) is 0.756. The number of H-pyrrole nitrogens is 1. The number of hydrogen-bond donors (Lipinski definition) is 2. The number of aromatic amines is 1. The molecule has 22 heavy (non-hydrogen) atoms. The number of aryl methyl sites for hydroxylation is 1. The fraction of sp³-hybridized carbons (Fsp3) is 0.143. The Morgan fingerprint density at radius 3 is 2.91 bits per heavy atom. The molecule has 0 atom stereocenters. The van der Waals surface area contributed by atoms with Crippen LogP contribution < -0.4 is 16.6 Å². The molecule has 0 unspecified atom stereocenters. The van der Waals surface area contributed by atoms with Crippen LogP contribution >= 0.6 is 11.3 Å². The van der Waals surface area contributed by atoms with Gasteiger partial charge in [-0.05, 0) is 18.6 Å². The van der Waals surface area contributed by atoms with Gasteiger partial charge in [0.25, 0.3) is 5.56 Å². The SMILES string of the molecule is Cc1cccc2sc(NC(=O)Cn3ccc(=O)[nH]c3=O)nc12. The predicted molar refractivity (Wildman–Crippen MR) is 84.3 cm³/mol. The van der Waals surface area contributed by atoms with Crippen molar-refractivity contribution in [2.24, 2.45) is 0 Å². The van der Waals surface area contributed by atoms with E-state index in [1.165, 1.54) is 23.6 Å². The summed E-state index contributed by atoms with van der Waals surface area (Å²) in [6, 6.07) is 7.01. The Kier molecular flexibility index (Phi) is 3.60. The van der Waals surface area contributed by atoms with Crippen LogP contribution in [-0.4, -0.2) is 20.4 Å². The van der Waals surface area contributed by atoms with Crippen LogP contribution in [0.15, 0.2) is 40.1 Å². The standard InChI is InChI=1S/C14H12N4O3S/c1-8-3-2-4-9-12(8)17-13(22-9)15-11(20)7-18-6-5-10(19)16-14(18)21/h2-6H,7H2,1H3,(H,15,17,20)(H,16,19,21). The summed E-state index contributed by atoms with van der Waals surface area (Å²) in [6.07, 6.45) is 1.28. The number of anilines is 1. The molecule has 3 rings (SSSR count). The van der Waals surface area contributed by atoms with Gasteiger partial charge in [-0.2, -0.15) is 0 Å². The fourth-order valence-electron chi connectivity index (χ4n) is 2.02. The van der Waals surface area contributed by atoms with Crippen LogP contribution in [0.3, 0.4) is 0 Å². The lowest BCUT2D eigenvalue weighted by Gasteiger charge is -2.03. The van der Waals surface area contributed by atoms with Gasteiger partial charge in [0.1, 0.15) is 6.54 Å². The van der Waals surface area contributed by atoms with Crippen molar-refractivity contribution >= 4 is 32.6 Å². The van der Waals surface area contributed by atoms with Gasteiger partial charge in [0, 0.05) is 12.3 Å². The number of carbonyl (C=O) groups is 1. The maximum Gasteiger partial charge on any atom is 0.328 e. The van der Waals surface area contributed by atoms with E-state index in [4.69, 9.17) is 0 Å². The van der Waals surface area contributed by atoms with E-state index >= 15 is 0 Å². The third-order valence-electron chi connectivity index (χ3n) is 3.08. The minimum absolute atomic E-state index is 0.190. The predicted octanol–water partition coefficient (Wildman–Crippen LogP) is 1.09. The molecule has 112 valence electrons. The highest BCUT2D eigenvalue weighted by Gasteiger charge is 2.10. The van der Waals surface area contributed by atoms with Crippen LogP contribution in [0, 0.1) is 6.92 Å². The molecule has 0 bridgehead atoms. The minimum atomic E-state index is -0.622. The third kappa shape index (κ3) is 2.82. The highest BCUT2D eigenvalue weighted by Crippen LogP contribution is 2.27. The first-order chi connectivity index (χ1) is 10.5. The van der Waals surface area contributed by atoms with E-state index in [1.54, 1.807) is 0 Å². The molecule has 0 aliphatic rings. The van der Waals surface area contributed by atoms with Gasteiger partial charge in [0.2, 0.25) is 5.91 Å². The van der Waals surface area contributed by atoms with Gasteiger partial charge in [0.15, 0.2) is 5.13 Å². The molecular weight excluding hydrogens is 304 g/mol. The highest BCUT2D eigenvalue weighted by atomic mass is 32.1. The van der Waals surface area contributed by atoms with Crippen molar-refractivity contribution < 1.29 is 4.79 Å². The molecule has 2 heterocycles. The molecule has 1 aromatic carbocycles. The topological polar surface area (TPSA) is 96.9 Å². The van der Waals surface area contributed by atoms with Crippen molar-refractivity contribution in [3.05, 3.63) is 56.9 Å². The van der Waals surface area contributed by atoms with Gasteiger partial charge in [-0.25, -0.2) is 9.78 Å². The van der Waals surface area contributed by atoms with E-state index in [2.05, 4.69) is 15.3 Å². The summed E-state index contributed by atoms with van der Waals surface area (Å²) in [5.41, 5.74) is 0.765. The lowest BCUT2D eigenvalue weighted by Crippen LogP contribution is -2.32. The van der Waals surface area contributed by atoms with Gasteiger partial charge in [-0.15, -0.1) is 0 Å². The molecule has 0 radical (unpaired) electrons. The number of hydrogen-bond acceptors (Lipinski definition) is 5. The molecule has 0 fully saturated rings. The zero-order valence-electron chi connectivity index (χ0n) is 11.6. The second kappa shape index (κ2) is 5.57. The molecule has 8 heteroatoms. The van der Waals surface area contributed by atoms with E-state index < -0.39 is 11.2 Å². The normalized spacial score (nSPS) is 10.8. The van der Waals surface area contributed by atoms with Crippen LogP contribution in [0.1, 0.15) is 5.56 Å². The van der Waals surface area contributed by atoms with Crippen molar-refractivity contribution in [3.63, 3.8) is 0 Å². The number of rotatable bonds is 3. The summed E-state index contributed by atoms with van der Waals surface area (Å²) < 4.78 is 2.10. The van der Waals surface area contributed by atoms with E-state index in [0.29, 0.717) is 5.13 Å². The maximum absolute atomic E-state index is 12.0. The van der Waals surface area contributed by atoms with Gasteiger partial charge < -0.3 is 5.32 Å². The lowest BCUT2D eigenvalue weighted by molar-refractivity contribution is -0.116. The van der Waals surface area contributed by atoms with Crippen molar-refractivity contribution in [2.45, 2.75) is 13.5 Å². The molecule has 0 saturated carbocycles. The number of benzene rings is 1. The van der Waals surface area contributed by atoms with Crippen molar-refractivity contribution in [3.8, 4) is 0 Å². The first-order valence-electron chi connectivity index (χ1n) is 6.49. The second-order valence-corrected chi connectivity index (χ2v) is 5.76. The number of fused-ring (bicyclic) bond motifs is 1. The van der Waals surface area contributed by atoms with Crippen LogP contribution in [0.25, 0.3) is 10.2 Å². The highest BCUT2D eigenvalue weighted by molar-refractivity contribution is 7.22. The van der Waals surface area contributed by atoms with E-state index in [0.717, 1.165) is 20.3 Å². The van der Waals surface area contributed by atoms with Crippen molar-refractivity contribution in [2.75, 3.05) is 5.32 Å². The minimum Gasteiger partial charge on any atom is -0.300 e. The summed E-state index contributed by atoms with van der Waals surface area (Å²) in [4.78, 5) is 41.0.